The van der Waals surface area contributed by atoms with Crippen LogP contribution in [-0.2, 0) is 6.42 Å². The molecule has 1 fully saturated rings. The minimum atomic E-state index is -0.504. The first-order chi connectivity index (χ1) is 12.5. The highest BCUT2D eigenvalue weighted by Gasteiger charge is 2.25. The molecule has 0 aliphatic carbocycles. The van der Waals surface area contributed by atoms with Crippen molar-refractivity contribution in [3.05, 3.63) is 57.0 Å². The zero-order chi connectivity index (χ0) is 18.7. The molecule has 1 aromatic heterocycles. The lowest BCUT2D eigenvalue weighted by Crippen LogP contribution is -2.37. The fourth-order valence-corrected chi connectivity index (χ4v) is 4.34. The molecule has 2 heterocycles. The summed E-state index contributed by atoms with van der Waals surface area (Å²) in [7, 11) is 0. The van der Waals surface area contributed by atoms with Gasteiger partial charge in [-0.3, -0.25) is 9.59 Å². The summed E-state index contributed by atoms with van der Waals surface area (Å²) >= 11 is 1.55. The predicted octanol–water partition coefficient (Wildman–Crippen LogP) is 3.75. The highest BCUT2D eigenvalue weighted by Crippen LogP contribution is 2.24. The SMILES string of the molecule is CCc1sc(C(=O)N2CCCN(C(=O)c3ccccc3F)CC2)cc1C. The van der Waals surface area contributed by atoms with Crippen molar-refractivity contribution in [2.75, 3.05) is 26.2 Å². The van der Waals surface area contributed by atoms with Crippen LogP contribution in [0.2, 0.25) is 0 Å². The molecule has 0 spiro atoms. The first-order valence-electron chi connectivity index (χ1n) is 8.93. The van der Waals surface area contributed by atoms with E-state index in [1.165, 1.54) is 17.0 Å². The zero-order valence-corrected chi connectivity index (χ0v) is 15.9. The highest BCUT2D eigenvalue weighted by molar-refractivity contribution is 7.14. The molecule has 0 bridgehead atoms. The Bertz CT molecular complexity index is 818. The standard InChI is InChI=1S/C20H23FN2O2S/c1-3-17-14(2)13-18(26-17)20(25)23-10-6-9-22(11-12-23)19(24)15-7-4-5-8-16(15)21/h4-5,7-8,13H,3,6,9-12H2,1-2H3. The van der Waals surface area contributed by atoms with E-state index in [0.29, 0.717) is 32.6 Å². The Balaban J connectivity index is 1.69. The second-order valence-electron chi connectivity index (χ2n) is 6.49. The molecule has 26 heavy (non-hydrogen) atoms. The largest absolute Gasteiger partial charge is 0.337 e. The van der Waals surface area contributed by atoms with E-state index in [1.807, 2.05) is 13.0 Å². The fourth-order valence-electron chi connectivity index (χ4n) is 3.26. The molecule has 1 saturated heterocycles. The van der Waals surface area contributed by atoms with Crippen molar-refractivity contribution in [2.24, 2.45) is 0 Å². The molecule has 4 nitrogen and oxygen atoms in total. The molecule has 0 atom stereocenters. The average molecular weight is 374 g/mol. The maximum atomic E-state index is 13.9. The summed E-state index contributed by atoms with van der Waals surface area (Å²) < 4.78 is 13.9. The number of halogens is 1. The van der Waals surface area contributed by atoms with Gasteiger partial charge in [0, 0.05) is 31.1 Å². The Morgan fingerprint density at radius 3 is 2.35 bits per heavy atom. The molecule has 0 radical (unpaired) electrons. The monoisotopic (exact) mass is 374 g/mol. The summed E-state index contributed by atoms with van der Waals surface area (Å²) in [4.78, 5) is 30.8. The molecule has 1 aliphatic heterocycles. The number of benzene rings is 1. The fraction of sp³-hybridized carbons (Fsp3) is 0.400. The molecular formula is C20H23FN2O2S. The number of rotatable bonds is 3. The van der Waals surface area contributed by atoms with Crippen molar-refractivity contribution >= 4 is 23.2 Å². The number of hydrogen-bond donors (Lipinski definition) is 0. The molecule has 6 heteroatoms. The normalized spacial score (nSPS) is 15.0. The first kappa shape index (κ1) is 18.6. The van der Waals surface area contributed by atoms with Gasteiger partial charge in [-0.1, -0.05) is 19.1 Å². The summed E-state index contributed by atoms with van der Waals surface area (Å²) in [6.45, 7) is 6.15. The van der Waals surface area contributed by atoms with E-state index in [9.17, 15) is 14.0 Å². The molecule has 138 valence electrons. The quantitative estimate of drug-likeness (QED) is 0.821. The van der Waals surface area contributed by atoms with Gasteiger partial charge in [-0.05, 0) is 43.5 Å². The summed E-state index contributed by atoms with van der Waals surface area (Å²) in [5.41, 5.74) is 1.25. The van der Waals surface area contributed by atoms with Crippen LogP contribution in [0.1, 0.15) is 43.8 Å². The number of carbonyl (C=O) groups excluding carboxylic acids is 2. The molecule has 0 N–H and O–H groups in total. The van der Waals surface area contributed by atoms with E-state index in [1.54, 1.807) is 33.3 Å². The van der Waals surface area contributed by atoms with Crippen LogP contribution in [0, 0.1) is 12.7 Å². The Morgan fingerprint density at radius 1 is 1.08 bits per heavy atom. The first-order valence-corrected chi connectivity index (χ1v) is 9.75. The lowest BCUT2D eigenvalue weighted by molar-refractivity contribution is 0.0718. The van der Waals surface area contributed by atoms with E-state index in [-0.39, 0.29) is 17.4 Å². The van der Waals surface area contributed by atoms with Crippen LogP contribution in [-0.4, -0.2) is 47.8 Å². The zero-order valence-electron chi connectivity index (χ0n) is 15.1. The number of nitrogens with zero attached hydrogens (tertiary/aromatic N) is 2. The Hall–Kier alpha value is -2.21. The topological polar surface area (TPSA) is 40.6 Å². The van der Waals surface area contributed by atoms with E-state index in [2.05, 4.69) is 6.92 Å². The van der Waals surface area contributed by atoms with Gasteiger partial charge in [-0.15, -0.1) is 11.3 Å². The summed E-state index contributed by atoms with van der Waals surface area (Å²) in [5.74, 6) is -0.786. The average Bonchev–Trinajstić information content (AvgIpc) is 2.86. The Kier molecular flexibility index (Phi) is 5.71. The van der Waals surface area contributed by atoms with Crippen LogP contribution in [0.15, 0.2) is 30.3 Å². The Labute approximate surface area is 157 Å². The summed E-state index contributed by atoms with van der Waals surface area (Å²) in [5, 5.41) is 0. The number of aryl methyl sites for hydroxylation is 2. The second-order valence-corrected chi connectivity index (χ2v) is 7.62. The van der Waals surface area contributed by atoms with Crippen LogP contribution in [0.5, 0.6) is 0 Å². The molecule has 1 aromatic carbocycles. The van der Waals surface area contributed by atoms with Gasteiger partial charge >= 0.3 is 0 Å². The number of amides is 2. The van der Waals surface area contributed by atoms with Crippen LogP contribution < -0.4 is 0 Å². The van der Waals surface area contributed by atoms with Gasteiger partial charge in [0.2, 0.25) is 0 Å². The second kappa shape index (κ2) is 7.99. The van der Waals surface area contributed by atoms with E-state index >= 15 is 0 Å². The van der Waals surface area contributed by atoms with Gasteiger partial charge in [0.05, 0.1) is 10.4 Å². The lowest BCUT2D eigenvalue weighted by atomic mass is 10.2. The maximum absolute atomic E-state index is 13.9. The molecule has 3 rings (SSSR count). The molecule has 1 aliphatic rings. The van der Waals surface area contributed by atoms with Gasteiger partial charge in [-0.2, -0.15) is 0 Å². The van der Waals surface area contributed by atoms with E-state index in [4.69, 9.17) is 0 Å². The smallest absolute Gasteiger partial charge is 0.263 e. The van der Waals surface area contributed by atoms with Gasteiger partial charge in [-0.25, -0.2) is 4.39 Å². The molecule has 0 saturated carbocycles. The van der Waals surface area contributed by atoms with E-state index in [0.717, 1.165) is 16.9 Å². The highest BCUT2D eigenvalue weighted by atomic mass is 32.1. The molecular weight excluding hydrogens is 351 g/mol. The third-order valence-corrected chi connectivity index (χ3v) is 6.10. The number of hydrogen-bond acceptors (Lipinski definition) is 3. The van der Waals surface area contributed by atoms with Crippen molar-refractivity contribution in [1.82, 2.24) is 9.80 Å². The van der Waals surface area contributed by atoms with Crippen molar-refractivity contribution in [3.63, 3.8) is 0 Å². The Morgan fingerprint density at radius 2 is 1.73 bits per heavy atom. The van der Waals surface area contributed by atoms with Crippen LogP contribution >= 0.6 is 11.3 Å². The van der Waals surface area contributed by atoms with Crippen LogP contribution in [0.25, 0.3) is 0 Å². The van der Waals surface area contributed by atoms with Crippen molar-refractivity contribution in [3.8, 4) is 0 Å². The van der Waals surface area contributed by atoms with Gasteiger partial charge in [0.25, 0.3) is 11.8 Å². The van der Waals surface area contributed by atoms with Crippen LogP contribution in [0.3, 0.4) is 0 Å². The minimum Gasteiger partial charge on any atom is -0.337 e. The third kappa shape index (κ3) is 3.80. The van der Waals surface area contributed by atoms with Crippen molar-refractivity contribution < 1.29 is 14.0 Å². The van der Waals surface area contributed by atoms with Crippen molar-refractivity contribution in [1.29, 1.82) is 0 Å². The number of thiophene rings is 1. The van der Waals surface area contributed by atoms with Gasteiger partial charge in [0.15, 0.2) is 0 Å². The number of carbonyl (C=O) groups is 2. The van der Waals surface area contributed by atoms with Crippen molar-refractivity contribution in [2.45, 2.75) is 26.7 Å². The maximum Gasteiger partial charge on any atom is 0.263 e. The van der Waals surface area contributed by atoms with E-state index < -0.39 is 5.82 Å². The molecule has 2 amide bonds. The molecule has 2 aromatic rings. The lowest BCUT2D eigenvalue weighted by Gasteiger charge is -2.22. The minimum absolute atomic E-state index is 0.0259. The third-order valence-electron chi connectivity index (χ3n) is 4.73. The van der Waals surface area contributed by atoms with Crippen LogP contribution in [0.4, 0.5) is 4.39 Å². The summed E-state index contributed by atoms with van der Waals surface area (Å²) in [6, 6.07) is 7.99. The predicted molar refractivity (Wildman–Crippen MR) is 101 cm³/mol. The van der Waals surface area contributed by atoms with Gasteiger partial charge < -0.3 is 9.80 Å². The summed E-state index contributed by atoms with van der Waals surface area (Å²) in [6.07, 6.45) is 1.62. The van der Waals surface area contributed by atoms with Gasteiger partial charge in [0.1, 0.15) is 5.82 Å². The molecule has 0 unspecified atom stereocenters.